The number of rotatable bonds is 3. The van der Waals surface area contributed by atoms with Crippen LogP contribution in [0.3, 0.4) is 0 Å². The second-order valence-corrected chi connectivity index (χ2v) is 9.16. The van der Waals surface area contributed by atoms with Gasteiger partial charge in [0.15, 0.2) is 0 Å². The molecule has 3 aliphatic rings. The zero-order chi connectivity index (χ0) is 18.9. The fourth-order valence-electron chi connectivity index (χ4n) is 5.62. The Morgan fingerprint density at radius 3 is 2.50 bits per heavy atom. The van der Waals surface area contributed by atoms with Crippen LogP contribution in [0.5, 0.6) is 0 Å². The van der Waals surface area contributed by atoms with Gasteiger partial charge < -0.3 is 15.2 Å². The number of amides is 2. The van der Waals surface area contributed by atoms with Crippen LogP contribution in [-0.4, -0.2) is 40.0 Å². The number of hydrogen-bond donors (Lipinski definition) is 2. The molecule has 2 aliphatic carbocycles. The Labute approximate surface area is 167 Å². The van der Waals surface area contributed by atoms with Gasteiger partial charge in [-0.25, -0.2) is 9.78 Å². The molecule has 2 saturated carbocycles. The van der Waals surface area contributed by atoms with E-state index in [0.717, 1.165) is 43.4 Å². The van der Waals surface area contributed by atoms with Gasteiger partial charge in [-0.15, -0.1) is 0 Å². The Morgan fingerprint density at radius 2 is 1.79 bits per heavy atom. The van der Waals surface area contributed by atoms with E-state index in [-0.39, 0.29) is 6.03 Å². The number of hydrogen-bond acceptors (Lipinski definition) is 2. The molecule has 2 aromatic heterocycles. The predicted molar refractivity (Wildman–Crippen MR) is 111 cm³/mol. The number of urea groups is 1. The van der Waals surface area contributed by atoms with E-state index < -0.39 is 0 Å². The topological polar surface area (TPSA) is 61.0 Å². The van der Waals surface area contributed by atoms with Crippen molar-refractivity contribution in [3.05, 3.63) is 30.1 Å². The van der Waals surface area contributed by atoms with Crippen molar-refractivity contribution in [2.75, 3.05) is 13.1 Å². The summed E-state index contributed by atoms with van der Waals surface area (Å²) in [5, 5.41) is 4.56. The Kier molecular flexibility index (Phi) is 5.00. The highest BCUT2D eigenvalue weighted by Gasteiger charge is 2.32. The monoisotopic (exact) mass is 380 g/mol. The summed E-state index contributed by atoms with van der Waals surface area (Å²) in [7, 11) is 0. The van der Waals surface area contributed by atoms with Crippen molar-refractivity contribution in [2.24, 2.45) is 11.8 Å². The standard InChI is InChI=1S/C23H32N4O/c28-23(26-19-8-6-17(7-9-19)16-3-1-4-16)27-13-10-18(11-14-27)21-15-25-22-20(21)5-2-12-24-22/h2,5,12,15-19H,1,3-4,6-11,13-14H2,(H,24,25)(H,26,28). The summed E-state index contributed by atoms with van der Waals surface area (Å²) in [5.41, 5.74) is 2.33. The van der Waals surface area contributed by atoms with Crippen molar-refractivity contribution in [3.8, 4) is 0 Å². The largest absolute Gasteiger partial charge is 0.346 e. The number of H-pyrrole nitrogens is 1. The normalized spacial score (nSPS) is 26.9. The van der Waals surface area contributed by atoms with Crippen LogP contribution < -0.4 is 5.32 Å². The Hall–Kier alpha value is -2.04. The van der Waals surface area contributed by atoms with Gasteiger partial charge in [0.2, 0.25) is 0 Å². The number of pyridine rings is 1. The average molecular weight is 381 g/mol. The summed E-state index contributed by atoms with van der Waals surface area (Å²) >= 11 is 0. The highest BCUT2D eigenvalue weighted by molar-refractivity contribution is 5.80. The van der Waals surface area contributed by atoms with Gasteiger partial charge in [0.05, 0.1) is 0 Å². The van der Waals surface area contributed by atoms with Gasteiger partial charge in [0, 0.05) is 36.9 Å². The summed E-state index contributed by atoms with van der Waals surface area (Å²) in [6.07, 6.45) is 15.3. The highest BCUT2D eigenvalue weighted by atomic mass is 16.2. The van der Waals surface area contributed by atoms with E-state index in [1.165, 1.54) is 55.9 Å². The third kappa shape index (κ3) is 3.51. The molecule has 0 spiro atoms. The first-order chi connectivity index (χ1) is 13.8. The third-order valence-electron chi connectivity index (χ3n) is 7.62. The lowest BCUT2D eigenvalue weighted by molar-refractivity contribution is 0.140. The molecule has 0 bridgehead atoms. The molecule has 1 saturated heterocycles. The number of fused-ring (bicyclic) bond motifs is 1. The van der Waals surface area contributed by atoms with Crippen molar-refractivity contribution in [2.45, 2.75) is 69.7 Å². The van der Waals surface area contributed by atoms with Crippen LogP contribution in [0, 0.1) is 11.8 Å². The van der Waals surface area contributed by atoms with Gasteiger partial charge >= 0.3 is 6.03 Å². The predicted octanol–water partition coefficient (Wildman–Crippen LogP) is 4.81. The number of nitrogens with zero attached hydrogens (tertiary/aromatic N) is 2. The number of carbonyl (C=O) groups excluding carboxylic acids is 1. The lowest BCUT2D eigenvalue weighted by Crippen LogP contribution is -2.48. The third-order valence-corrected chi connectivity index (χ3v) is 7.62. The number of aromatic amines is 1. The molecular formula is C23H32N4O. The summed E-state index contributed by atoms with van der Waals surface area (Å²) in [6.45, 7) is 1.70. The smallest absolute Gasteiger partial charge is 0.317 e. The fourth-order valence-corrected chi connectivity index (χ4v) is 5.62. The number of carbonyl (C=O) groups is 1. The first-order valence-electron chi connectivity index (χ1n) is 11.3. The van der Waals surface area contributed by atoms with Gasteiger partial charge in [-0.1, -0.05) is 19.3 Å². The molecule has 28 heavy (non-hydrogen) atoms. The second-order valence-electron chi connectivity index (χ2n) is 9.16. The highest BCUT2D eigenvalue weighted by Crippen LogP contribution is 2.41. The minimum atomic E-state index is 0.158. The molecule has 0 atom stereocenters. The quantitative estimate of drug-likeness (QED) is 0.803. The van der Waals surface area contributed by atoms with Gasteiger partial charge in [0.25, 0.3) is 0 Å². The van der Waals surface area contributed by atoms with E-state index in [1.54, 1.807) is 0 Å². The van der Waals surface area contributed by atoms with Crippen LogP contribution in [0.15, 0.2) is 24.5 Å². The van der Waals surface area contributed by atoms with E-state index in [1.807, 2.05) is 17.2 Å². The van der Waals surface area contributed by atoms with E-state index in [2.05, 4.69) is 27.5 Å². The number of likely N-dealkylation sites (tertiary alicyclic amines) is 1. The van der Waals surface area contributed by atoms with Crippen LogP contribution in [0.4, 0.5) is 4.79 Å². The molecule has 3 heterocycles. The molecule has 0 aromatic carbocycles. The summed E-state index contributed by atoms with van der Waals surface area (Å²) in [4.78, 5) is 22.5. The Bertz CT molecular complexity index is 811. The van der Waals surface area contributed by atoms with Gasteiger partial charge in [-0.05, 0) is 74.0 Å². The maximum Gasteiger partial charge on any atom is 0.317 e. The minimum absolute atomic E-state index is 0.158. The van der Waals surface area contributed by atoms with Gasteiger partial charge in [-0.3, -0.25) is 0 Å². The summed E-state index contributed by atoms with van der Waals surface area (Å²) < 4.78 is 0. The maximum atomic E-state index is 12.8. The Balaban J connectivity index is 1.11. The molecule has 5 heteroatoms. The van der Waals surface area contributed by atoms with Crippen LogP contribution in [0.1, 0.15) is 69.3 Å². The van der Waals surface area contributed by atoms with Crippen molar-refractivity contribution in [1.29, 1.82) is 0 Å². The summed E-state index contributed by atoms with van der Waals surface area (Å²) in [5.74, 6) is 2.44. The van der Waals surface area contributed by atoms with E-state index in [4.69, 9.17) is 0 Å². The van der Waals surface area contributed by atoms with Crippen LogP contribution in [0.2, 0.25) is 0 Å². The van der Waals surface area contributed by atoms with Gasteiger partial charge in [0.1, 0.15) is 5.65 Å². The molecule has 150 valence electrons. The molecular weight excluding hydrogens is 348 g/mol. The molecule has 5 nitrogen and oxygen atoms in total. The molecule has 3 fully saturated rings. The van der Waals surface area contributed by atoms with E-state index in [0.29, 0.717) is 12.0 Å². The maximum absolute atomic E-state index is 12.8. The number of aromatic nitrogens is 2. The molecule has 0 radical (unpaired) electrons. The van der Waals surface area contributed by atoms with Crippen LogP contribution in [0.25, 0.3) is 11.0 Å². The molecule has 2 aromatic rings. The van der Waals surface area contributed by atoms with Crippen molar-refractivity contribution in [1.82, 2.24) is 20.2 Å². The SMILES string of the molecule is O=C(NC1CCC(C2CCC2)CC1)N1CCC(c2c[nH]c3ncccc23)CC1. The summed E-state index contributed by atoms with van der Waals surface area (Å²) in [6, 6.07) is 4.70. The minimum Gasteiger partial charge on any atom is -0.346 e. The average Bonchev–Trinajstić information content (AvgIpc) is 3.12. The zero-order valence-electron chi connectivity index (χ0n) is 16.7. The number of piperidine rings is 1. The van der Waals surface area contributed by atoms with Gasteiger partial charge in [-0.2, -0.15) is 0 Å². The van der Waals surface area contributed by atoms with E-state index >= 15 is 0 Å². The molecule has 2 amide bonds. The number of nitrogens with one attached hydrogen (secondary N) is 2. The van der Waals surface area contributed by atoms with Crippen LogP contribution >= 0.6 is 0 Å². The van der Waals surface area contributed by atoms with Crippen LogP contribution in [-0.2, 0) is 0 Å². The van der Waals surface area contributed by atoms with E-state index in [9.17, 15) is 4.79 Å². The lowest BCUT2D eigenvalue weighted by Gasteiger charge is -2.39. The second kappa shape index (κ2) is 7.76. The Morgan fingerprint density at radius 1 is 1.04 bits per heavy atom. The van der Waals surface area contributed by atoms with Crippen molar-refractivity contribution in [3.63, 3.8) is 0 Å². The molecule has 1 aliphatic heterocycles. The fraction of sp³-hybridized carbons (Fsp3) is 0.652. The lowest BCUT2D eigenvalue weighted by atomic mass is 9.69. The van der Waals surface area contributed by atoms with Crippen molar-refractivity contribution >= 4 is 17.1 Å². The molecule has 0 unspecified atom stereocenters. The molecule has 5 rings (SSSR count). The van der Waals surface area contributed by atoms with Crippen molar-refractivity contribution < 1.29 is 4.79 Å². The first-order valence-corrected chi connectivity index (χ1v) is 11.3. The first kappa shape index (κ1) is 18.0. The molecule has 2 N–H and O–H groups in total. The zero-order valence-corrected chi connectivity index (χ0v) is 16.7.